The van der Waals surface area contributed by atoms with Crippen LogP contribution < -0.4 is 10.7 Å². The van der Waals surface area contributed by atoms with Crippen molar-refractivity contribution in [3.63, 3.8) is 0 Å². The lowest BCUT2D eigenvalue weighted by atomic mass is 10.2. The van der Waals surface area contributed by atoms with Gasteiger partial charge in [0.05, 0.1) is 6.54 Å². The molecule has 1 saturated heterocycles. The van der Waals surface area contributed by atoms with E-state index < -0.39 is 0 Å². The minimum absolute atomic E-state index is 0.913. The standard InChI is InChI=1S/C8H16N4/c1-2-6-12(7-3-1)11-8-9-4-5-10-8/h1-7H2,(H2,9,10,11). The van der Waals surface area contributed by atoms with Crippen LogP contribution in [0.4, 0.5) is 0 Å². The first-order valence-corrected chi connectivity index (χ1v) is 4.75. The summed E-state index contributed by atoms with van der Waals surface area (Å²) < 4.78 is 0. The lowest BCUT2D eigenvalue weighted by molar-refractivity contribution is 0.192. The first-order chi connectivity index (χ1) is 5.95. The molecule has 2 aliphatic heterocycles. The Morgan fingerprint density at radius 2 is 2.08 bits per heavy atom. The van der Waals surface area contributed by atoms with Gasteiger partial charge in [-0.15, -0.1) is 0 Å². The lowest BCUT2D eigenvalue weighted by Gasteiger charge is -2.27. The molecule has 0 saturated carbocycles. The number of aliphatic imine (C=N–C) groups is 1. The Morgan fingerprint density at radius 1 is 1.25 bits per heavy atom. The van der Waals surface area contributed by atoms with Crippen LogP contribution in [0.25, 0.3) is 0 Å². The molecule has 2 heterocycles. The van der Waals surface area contributed by atoms with E-state index in [4.69, 9.17) is 0 Å². The second kappa shape index (κ2) is 3.76. The average molecular weight is 168 g/mol. The van der Waals surface area contributed by atoms with Crippen molar-refractivity contribution in [2.24, 2.45) is 4.99 Å². The fraction of sp³-hybridized carbons (Fsp3) is 0.875. The smallest absolute Gasteiger partial charge is 0.206 e. The third kappa shape index (κ3) is 1.88. The Bertz CT molecular complexity index is 172. The number of guanidine groups is 1. The molecule has 0 unspecified atom stereocenters. The highest BCUT2D eigenvalue weighted by Gasteiger charge is 2.12. The summed E-state index contributed by atoms with van der Waals surface area (Å²) >= 11 is 0. The average Bonchev–Trinajstić information content (AvgIpc) is 2.59. The Hall–Kier alpha value is -0.770. The normalized spacial score (nSPS) is 24.8. The van der Waals surface area contributed by atoms with Crippen molar-refractivity contribution in [3.05, 3.63) is 0 Å². The van der Waals surface area contributed by atoms with Crippen LogP contribution in [0.5, 0.6) is 0 Å². The van der Waals surface area contributed by atoms with Gasteiger partial charge < -0.3 is 5.32 Å². The van der Waals surface area contributed by atoms with Gasteiger partial charge in [0.15, 0.2) is 0 Å². The first kappa shape index (κ1) is 7.86. The van der Waals surface area contributed by atoms with Gasteiger partial charge in [-0.3, -0.25) is 10.4 Å². The topological polar surface area (TPSA) is 39.7 Å². The van der Waals surface area contributed by atoms with Gasteiger partial charge >= 0.3 is 0 Å². The molecule has 2 aliphatic rings. The van der Waals surface area contributed by atoms with Crippen molar-refractivity contribution < 1.29 is 0 Å². The fourth-order valence-corrected chi connectivity index (χ4v) is 1.63. The Balaban J connectivity index is 1.77. The van der Waals surface area contributed by atoms with Crippen LogP contribution in [0.15, 0.2) is 4.99 Å². The van der Waals surface area contributed by atoms with Crippen LogP contribution in [0.3, 0.4) is 0 Å². The predicted molar refractivity (Wildman–Crippen MR) is 48.9 cm³/mol. The highest BCUT2D eigenvalue weighted by molar-refractivity contribution is 5.80. The molecule has 0 aromatic carbocycles. The number of hydrazine groups is 1. The third-order valence-electron chi connectivity index (χ3n) is 2.29. The molecular formula is C8H16N4. The number of hydrogen-bond donors (Lipinski definition) is 2. The molecule has 2 N–H and O–H groups in total. The second-order valence-electron chi connectivity index (χ2n) is 3.32. The van der Waals surface area contributed by atoms with Crippen molar-refractivity contribution in [3.8, 4) is 0 Å². The summed E-state index contributed by atoms with van der Waals surface area (Å²) in [7, 11) is 0. The molecule has 0 amide bonds. The second-order valence-corrected chi connectivity index (χ2v) is 3.32. The zero-order valence-corrected chi connectivity index (χ0v) is 7.34. The van der Waals surface area contributed by atoms with E-state index >= 15 is 0 Å². The van der Waals surface area contributed by atoms with Gasteiger partial charge in [-0.05, 0) is 12.8 Å². The van der Waals surface area contributed by atoms with Crippen LogP contribution in [-0.4, -0.2) is 37.1 Å². The lowest BCUT2D eigenvalue weighted by Crippen LogP contribution is -2.48. The van der Waals surface area contributed by atoms with Crippen molar-refractivity contribution in [1.82, 2.24) is 15.8 Å². The molecule has 0 aromatic rings. The van der Waals surface area contributed by atoms with Crippen LogP contribution >= 0.6 is 0 Å². The van der Waals surface area contributed by atoms with Gasteiger partial charge in [0.2, 0.25) is 5.96 Å². The van der Waals surface area contributed by atoms with E-state index in [2.05, 4.69) is 20.7 Å². The summed E-state index contributed by atoms with van der Waals surface area (Å²) in [6.45, 7) is 4.20. The third-order valence-corrected chi connectivity index (χ3v) is 2.29. The van der Waals surface area contributed by atoms with Crippen LogP contribution in [0.2, 0.25) is 0 Å². The number of hydrogen-bond acceptors (Lipinski definition) is 4. The highest BCUT2D eigenvalue weighted by Crippen LogP contribution is 2.05. The number of rotatable bonds is 1. The fourth-order valence-electron chi connectivity index (χ4n) is 1.63. The van der Waals surface area contributed by atoms with Gasteiger partial charge in [-0.1, -0.05) is 6.42 Å². The summed E-state index contributed by atoms with van der Waals surface area (Å²) in [5.74, 6) is 0.955. The molecule has 0 aromatic heterocycles. The highest BCUT2D eigenvalue weighted by atomic mass is 15.6. The van der Waals surface area contributed by atoms with Gasteiger partial charge in [-0.2, -0.15) is 0 Å². The molecule has 2 rings (SSSR count). The molecule has 0 atom stereocenters. The van der Waals surface area contributed by atoms with Crippen molar-refractivity contribution >= 4 is 5.96 Å². The molecule has 4 heteroatoms. The quantitative estimate of drug-likeness (QED) is 0.576. The molecule has 4 nitrogen and oxygen atoms in total. The molecule has 0 aliphatic carbocycles. The van der Waals surface area contributed by atoms with Gasteiger partial charge in [0.1, 0.15) is 0 Å². The molecule has 68 valence electrons. The number of nitrogens with zero attached hydrogens (tertiary/aromatic N) is 2. The summed E-state index contributed by atoms with van der Waals surface area (Å²) in [4.78, 5) is 4.28. The Kier molecular flexibility index (Phi) is 2.46. The minimum atomic E-state index is 0.913. The monoisotopic (exact) mass is 168 g/mol. The Labute approximate surface area is 73.0 Å². The predicted octanol–water partition coefficient (Wildman–Crippen LogP) is -0.0639. The Morgan fingerprint density at radius 3 is 2.75 bits per heavy atom. The summed E-state index contributed by atoms with van der Waals surface area (Å²) in [5.41, 5.74) is 3.29. The molecule has 0 bridgehead atoms. The van der Waals surface area contributed by atoms with E-state index in [1.165, 1.54) is 19.3 Å². The zero-order valence-electron chi connectivity index (χ0n) is 7.34. The van der Waals surface area contributed by atoms with E-state index in [0.29, 0.717) is 0 Å². The van der Waals surface area contributed by atoms with Crippen LogP contribution in [0.1, 0.15) is 19.3 Å². The van der Waals surface area contributed by atoms with Crippen molar-refractivity contribution in [1.29, 1.82) is 0 Å². The van der Waals surface area contributed by atoms with E-state index in [1.54, 1.807) is 0 Å². The van der Waals surface area contributed by atoms with Crippen molar-refractivity contribution in [2.45, 2.75) is 19.3 Å². The maximum absolute atomic E-state index is 4.28. The largest absolute Gasteiger partial charge is 0.353 e. The van der Waals surface area contributed by atoms with Gasteiger partial charge in [-0.25, -0.2) is 5.01 Å². The molecule has 12 heavy (non-hydrogen) atoms. The van der Waals surface area contributed by atoms with E-state index in [0.717, 1.165) is 32.1 Å². The first-order valence-electron chi connectivity index (χ1n) is 4.75. The molecular weight excluding hydrogens is 152 g/mol. The van der Waals surface area contributed by atoms with Gasteiger partial charge in [0, 0.05) is 19.6 Å². The number of nitrogens with one attached hydrogen (secondary N) is 2. The van der Waals surface area contributed by atoms with Crippen LogP contribution in [-0.2, 0) is 0 Å². The number of piperidine rings is 1. The SMILES string of the molecule is C1CCN(NC2=NCCN2)CC1. The van der Waals surface area contributed by atoms with E-state index in [9.17, 15) is 0 Å². The minimum Gasteiger partial charge on any atom is -0.353 e. The summed E-state index contributed by atoms with van der Waals surface area (Å²) in [6.07, 6.45) is 3.98. The van der Waals surface area contributed by atoms with E-state index in [-0.39, 0.29) is 0 Å². The molecule has 0 radical (unpaired) electrons. The summed E-state index contributed by atoms with van der Waals surface area (Å²) in [6, 6.07) is 0. The van der Waals surface area contributed by atoms with Crippen molar-refractivity contribution in [2.75, 3.05) is 26.2 Å². The zero-order chi connectivity index (χ0) is 8.23. The summed E-state index contributed by atoms with van der Waals surface area (Å²) in [5, 5.41) is 5.45. The molecule has 0 spiro atoms. The maximum atomic E-state index is 4.28. The molecule has 1 fully saturated rings. The van der Waals surface area contributed by atoms with Gasteiger partial charge in [0.25, 0.3) is 0 Å². The van der Waals surface area contributed by atoms with E-state index in [1.807, 2.05) is 0 Å². The van der Waals surface area contributed by atoms with Crippen LogP contribution in [0, 0.1) is 0 Å². The maximum Gasteiger partial charge on any atom is 0.206 e.